The normalized spacial score (nSPS) is 14.7. The molecular formula is C30H42F3N3O5S. The first-order valence-corrected chi connectivity index (χ1v) is 15.6. The second-order valence-electron chi connectivity index (χ2n) is 12.2. The number of carbonyl (C=O) groups excluding carboxylic acids is 3. The predicted octanol–water partition coefficient (Wildman–Crippen LogP) is 6.33. The van der Waals surface area contributed by atoms with Crippen molar-refractivity contribution in [3.63, 3.8) is 0 Å². The number of sulfonamides is 1. The maximum Gasteiger partial charge on any atom is 0.417 e. The van der Waals surface area contributed by atoms with Crippen LogP contribution < -0.4 is 10.0 Å². The van der Waals surface area contributed by atoms with E-state index in [0.29, 0.717) is 41.9 Å². The van der Waals surface area contributed by atoms with E-state index in [1.807, 2.05) is 11.5 Å². The van der Waals surface area contributed by atoms with E-state index in [9.17, 15) is 26.4 Å². The van der Waals surface area contributed by atoms with Crippen LogP contribution >= 0.6 is 0 Å². The molecule has 42 heavy (non-hydrogen) atoms. The van der Waals surface area contributed by atoms with Crippen molar-refractivity contribution in [1.82, 2.24) is 14.6 Å². The number of halogens is 3. The molecular weight excluding hydrogens is 571 g/mol. The monoisotopic (exact) mass is 613 g/mol. The van der Waals surface area contributed by atoms with Gasteiger partial charge in [-0.25, -0.2) is 13.1 Å². The maximum atomic E-state index is 14.2. The van der Waals surface area contributed by atoms with E-state index in [0.717, 1.165) is 44.2 Å². The van der Waals surface area contributed by atoms with Gasteiger partial charge in [0.1, 0.15) is 0 Å². The van der Waals surface area contributed by atoms with Gasteiger partial charge in [0.05, 0.1) is 16.0 Å². The molecule has 234 valence electrons. The average Bonchev–Trinajstić information content (AvgIpc) is 3.18. The zero-order valence-electron chi connectivity index (χ0n) is 25.2. The van der Waals surface area contributed by atoms with Crippen molar-refractivity contribution in [3.8, 4) is 11.3 Å². The van der Waals surface area contributed by atoms with Crippen LogP contribution in [0.3, 0.4) is 0 Å². The fourth-order valence-electron chi connectivity index (χ4n) is 5.15. The Balaban J connectivity index is 0.00000197. The Morgan fingerprint density at radius 3 is 2.19 bits per heavy atom. The number of rotatable bonds is 9. The summed E-state index contributed by atoms with van der Waals surface area (Å²) >= 11 is 0. The van der Waals surface area contributed by atoms with E-state index in [1.54, 1.807) is 26.8 Å². The van der Waals surface area contributed by atoms with Crippen molar-refractivity contribution in [2.75, 3.05) is 6.54 Å². The number of nitrogens with one attached hydrogen (secondary N) is 2. The van der Waals surface area contributed by atoms with Crippen LogP contribution in [0, 0.1) is 18.8 Å². The molecule has 1 fully saturated rings. The summed E-state index contributed by atoms with van der Waals surface area (Å²) in [5.41, 5.74) is -0.379. The van der Waals surface area contributed by atoms with Gasteiger partial charge in [-0.15, -0.1) is 0 Å². The van der Waals surface area contributed by atoms with E-state index < -0.39 is 32.2 Å². The number of benzene rings is 1. The average molecular weight is 614 g/mol. The van der Waals surface area contributed by atoms with Crippen LogP contribution in [0.1, 0.15) is 94.8 Å². The van der Waals surface area contributed by atoms with Gasteiger partial charge in [-0.1, -0.05) is 39.2 Å². The first kappa shape index (κ1) is 35.2. The number of hydrogen-bond donors (Lipinski definition) is 2. The minimum atomic E-state index is -4.90. The van der Waals surface area contributed by atoms with Crippen LogP contribution in [0.5, 0.6) is 0 Å². The summed E-state index contributed by atoms with van der Waals surface area (Å²) < 4.78 is 72.8. The van der Waals surface area contributed by atoms with E-state index in [4.69, 9.17) is 9.59 Å². The Kier molecular flexibility index (Phi) is 12.2. The summed E-state index contributed by atoms with van der Waals surface area (Å²) in [5.74, 6) is 0.515. The molecule has 8 nitrogen and oxygen atoms in total. The highest BCUT2D eigenvalue weighted by atomic mass is 32.2. The van der Waals surface area contributed by atoms with Gasteiger partial charge in [0.15, 0.2) is 0 Å². The van der Waals surface area contributed by atoms with Crippen molar-refractivity contribution >= 4 is 22.1 Å². The van der Waals surface area contributed by atoms with Gasteiger partial charge >= 0.3 is 12.3 Å². The zero-order chi connectivity index (χ0) is 31.9. The molecule has 0 atom stereocenters. The summed E-state index contributed by atoms with van der Waals surface area (Å²) in [6.45, 7) is 11.8. The maximum absolute atomic E-state index is 14.2. The number of aromatic nitrogens is 1. The number of hydrogen-bond acceptors (Lipinski definition) is 5. The molecule has 1 aromatic heterocycles. The van der Waals surface area contributed by atoms with Gasteiger partial charge in [-0.2, -0.15) is 22.8 Å². The van der Waals surface area contributed by atoms with Crippen LogP contribution in [0.15, 0.2) is 29.2 Å². The van der Waals surface area contributed by atoms with Gasteiger partial charge in [0.25, 0.3) is 5.91 Å². The second-order valence-corrected chi connectivity index (χ2v) is 13.9. The van der Waals surface area contributed by atoms with Crippen molar-refractivity contribution in [1.29, 1.82) is 0 Å². The van der Waals surface area contributed by atoms with Crippen molar-refractivity contribution in [3.05, 3.63) is 41.1 Å². The summed E-state index contributed by atoms with van der Waals surface area (Å²) in [5, 5.41) is 2.93. The third-order valence-electron chi connectivity index (χ3n) is 7.09. The number of alkyl halides is 3. The molecule has 12 heteroatoms. The molecule has 0 spiro atoms. The third kappa shape index (κ3) is 9.81. The molecule has 2 aromatic rings. The minimum absolute atomic E-state index is 0.220. The fraction of sp³-hybridized carbons (Fsp3) is 0.600. The van der Waals surface area contributed by atoms with Gasteiger partial charge in [-0.3, -0.25) is 4.79 Å². The second kappa shape index (κ2) is 14.5. The van der Waals surface area contributed by atoms with E-state index in [1.165, 1.54) is 12.5 Å². The lowest BCUT2D eigenvalue weighted by Gasteiger charge is -2.25. The summed E-state index contributed by atoms with van der Waals surface area (Å²) in [6, 6.07) is 4.95. The van der Waals surface area contributed by atoms with Gasteiger partial charge in [0.2, 0.25) is 10.0 Å². The van der Waals surface area contributed by atoms with Crippen molar-refractivity contribution in [2.45, 2.75) is 103 Å². The lowest BCUT2D eigenvalue weighted by atomic mass is 9.89. The molecule has 1 amide bonds. The largest absolute Gasteiger partial charge is 0.417 e. The quantitative estimate of drug-likeness (QED) is 0.343. The molecule has 1 heterocycles. The van der Waals surface area contributed by atoms with E-state index >= 15 is 0 Å². The summed E-state index contributed by atoms with van der Waals surface area (Å²) in [4.78, 5) is 28.5. The molecule has 1 aromatic carbocycles. The van der Waals surface area contributed by atoms with Gasteiger partial charge in [-0.05, 0) is 82.6 Å². The standard InChI is InChI=1S/C29H42F3N3O3S.CO2/c1-19(2)14-15-33-27(36)23-17-25(35(20(23)3)18-21-10-8-7-9-11-21)22-12-13-26(24(16-22)29(30,31)32)39(37,38)34-28(4,5)6;2-1-3/h12-13,16-17,19,21,34H,7-11,14-15,18H2,1-6H3,(H,33,36);. The lowest BCUT2D eigenvalue weighted by Crippen LogP contribution is -2.41. The highest BCUT2D eigenvalue weighted by molar-refractivity contribution is 7.89. The van der Waals surface area contributed by atoms with Gasteiger partial charge in [0, 0.05) is 30.0 Å². The summed E-state index contributed by atoms with van der Waals surface area (Å²) in [7, 11) is -4.44. The van der Waals surface area contributed by atoms with Gasteiger partial charge < -0.3 is 9.88 Å². The molecule has 0 saturated heterocycles. The highest BCUT2D eigenvalue weighted by Gasteiger charge is 2.39. The number of amides is 1. The molecule has 0 aliphatic heterocycles. The minimum Gasteiger partial charge on any atom is -0.352 e. The zero-order valence-corrected chi connectivity index (χ0v) is 26.0. The molecule has 1 aliphatic rings. The van der Waals surface area contributed by atoms with Crippen molar-refractivity contribution in [2.24, 2.45) is 11.8 Å². The highest BCUT2D eigenvalue weighted by Crippen LogP contribution is 2.39. The molecule has 0 unspecified atom stereocenters. The van der Waals surface area contributed by atoms with E-state index in [-0.39, 0.29) is 17.6 Å². The van der Waals surface area contributed by atoms with Crippen LogP contribution in [0.4, 0.5) is 13.2 Å². The smallest absolute Gasteiger partial charge is 0.352 e. The first-order chi connectivity index (χ1) is 19.4. The Morgan fingerprint density at radius 1 is 1.07 bits per heavy atom. The molecule has 1 saturated carbocycles. The van der Waals surface area contributed by atoms with Crippen LogP contribution in [-0.4, -0.2) is 37.1 Å². The summed E-state index contributed by atoms with van der Waals surface area (Å²) in [6.07, 6.45) is 1.60. The molecule has 2 N–H and O–H groups in total. The Morgan fingerprint density at radius 2 is 1.67 bits per heavy atom. The topological polar surface area (TPSA) is 114 Å². The molecule has 0 bridgehead atoms. The first-order valence-electron chi connectivity index (χ1n) is 14.1. The van der Waals surface area contributed by atoms with Crippen LogP contribution in [-0.2, 0) is 32.3 Å². The predicted molar refractivity (Wildman–Crippen MR) is 153 cm³/mol. The SMILES string of the molecule is Cc1c(C(=O)NCCC(C)C)cc(-c2ccc(S(=O)(=O)NC(C)(C)C)c(C(F)(F)F)c2)n1CC1CCCCC1.O=C=O. The Labute approximate surface area is 246 Å². The van der Waals surface area contributed by atoms with Crippen molar-refractivity contribution < 1.29 is 36.0 Å². The molecule has 1 aliphatic carbocycles. The van der Waals surface area contributed by atoms with Crippen LogP contribution in [0.25, 0.3) is 11.3 Å². The lowest BCUT2D eigenvalue weighted by molar-refractivity contribution is -0.191. The fourth-order valence-corrected chi connectivity index (χ4v) is 6.78. The number of carbonyl (C=O) groups is 1. The Bertz CT molecular complexity index is 1360. The third-order valence-corrected chi connectivity index (χ3v) is 8.91. The number of nitrogens with zero attached hydrogens (tertiary/aromatic N) is 1. The van der Waals surface area contributed by atoms with E-state index in [2.05, 4.69) is 23.9 Å². The van der Waals surface area contributed by atoms with Crippen LogP contribution in [0.2, 0.25) is 0 Å². The molecule has 0 radical (unpaired) electrons. The Hall–Kier alpha value is -2.95. The molecule has 3 rings (SSSR count).